The summed E-state index contributed by atoms with van der Waals surface area (Å²) in [6, 6.07) is -0.303. The Hall–Kier alpha value is -1.00. The summed E-state index contributed by atoms with van der Waals surface area (Å²) in [6.07, 6.45) is 2.06. The molecule has 0 radical (unpaired) electrons. The van der Waals surface area contributed by atoms with Crippen LogP contribution in [-0.2, 0) is 14.9 Å². The summed E-state index contributed by atoms with van der Waals surface area (Å²) in [5.41, 5.74) is -1.55. The van der Waals surface area contributed by atoms with Crippen LogP contribution in [-0.4, -0.2) is 78.3 Å². The Bertz CT molecular complexity index is 518. The maximum absolute atomic E-state index is 12.0. The second-order valence-electron chi connectivity index (χ2n) is 6.41. The molecule has 0 amide bonds. The number of rotatable bonds is 13. The van der Waals surface area contributed by atoms with Gasteiger partial charge >= 0.3 is 0 Å². The molecule has 0 aliphatic rings. The molecule has 0 rings (SSSR count). The van der Waals surface area contributed by atoms with E-state index in [4.69, 9.17) is 4.55 Å². The number of carboxylic acids is 1. The van der Waals surface area contributed by atoms with Crippen LogP contribution in [0.25, 0.3) is 0 Å². The first-order valence-electron chi connectivity index (χ1n) is 7.81. The molecule has 8 nitrogen and oxygen atoms in total. The van der Waals surface area contributed by atoms with Crippen molar-refractivity contribution in [1.82, 2.24) is 0 Å². The average Bonchev–Trinajstić information content (AvgIpc) is 2.44. The van der Waals surface area contributed by atoms with Crippen molar-refractivity contribution in [3.63, 3.8) is 0 Å². The molecule has 0 aliphatic carbocycles. The zero-order chi connectivity index (χ0) is 19.0. The van der Waals surface area contributed by atoms with Crippen LogP contribution in [0, 0.1) is 0 Å². The van der Waals surface area contributed by atoms with E-state index < -0.39 is 34.0 Å². The van der Waals surface area contributed by atoms with Crippen LogP contribution in [0.15, 0.2) is 12.7 Å². The number of aliphatic hydroxyl groups is 2. The topological polar surface area (TPSA) is 135 Å². The van der Waals surface area contributed by atoms with Crippen LogP contribution in [0.2, 0.25) is 0 Å². The highest BCUT2D eigenvalue weighted by Crippen LogP contribution is 2.35. The zero-order valence-corrected chi connectivity index (χ0v) is 15.2. The minimum Gasteiger partial charge on any atom is -0.544 e. The van der Waals surface area contributed by atoms with E-state index >= 15 is 0 Å². The molecule has 2 unspecified atom stereocenters. The van der Waals surface area contributed by atoms with Gasteiger partial charge in [0, 0.05) is 38.9 Å². The molecule has 9 heteroatoms. The molecule has 0 fully saturated rings. The van der Waals surface area contributed by atoms with E-state index in [0.717, 1.165) is 0 Å². The fourth-order valence-electron chi connectivity index (χ4n) is 3.27. The quantitative estimate of drug-likeness (QED) is 0.214. The van der Waals surface area contributed by atoms with E-state index in [1.54, 1.807) is 20.2 Å². The van der Waals surface area contributed by atoms with Gasteiger partial charge in [0.2, 0.25) is 0 Å². The molecule has 0 aromatic rings. The van der Waals surface area contributed by atoms with E-state index in [1.165, 1.54) is 0 Å². The lowest BCUT2D eigenvalue weighted by molar-refractivity contribution is -0.958. The first kappa shape index (κ1) is 23.0. The fourth-order valence-corrected chi connectivity index (χ4v) is 3.78. The number of hydrogen-bond donors (Lipinski definition) is 3. The summed E-state index contributed by atoms with van der Waals surface area (Å²) in [5, 5.41) is 30.6. The Morgan fingerprint density at radius 1 is 1.29 bits per heavy atom. The number of nitrogens with zero attached hydrogens (tertiary/aromatic N) is 1. The number of carbonyl (C=O) groups excluding carboxylic acids is 1. The molecule has 0 saturated carbocycles. The van der Waals surface area contributed by atoms with Gasteiger partial charge in [0.05, 0.1) is 25.9 Å². The molecule has 0 spiro atoms. The summed E-state index contributed by atoms with van der Waals surface area (Å²) < 4.78 is 30.6. The summed E-state index contributed by atoms with van der Waals surface area (Å²) in [4.78, 5) is 12.0. The van der Waals surface area contributed by atoms with Gasteiger partial charge in [0.25, 0.3) is 10.1 Å². The minimum absolute atomic E-state index is 0.0889. The molecule has 2 atom stereocenters. The highest BCUT2D eigenvalue weighted by molar-refractivity contribution is 7.85. The Morgan fingerprint density at radius 3 is 2.25 bits per heavy atom. The molecule has 0 heterocycles. The molecule has 3 N–H and O–H groups in total. The monoisotopic (exact) mass is 367 g/mol. The highest BCUT2D eigenvalue weighted by atomic mass is 32.2. The summed E-state index contributed by atoms with van der Waals surface area (Å²) in [6.45, 7) is 3.09. The number of quaternary nitrogens is 1. The van der Waals surface area contributed by atoms with Crippen LogP contribution >= 0.6 is 0 Å². The molecule has 0 saturated heterocycles. The average molecular weight is 367 g/mol. The molecule has 142 valence electrons. The minimum atomic E-state index is -4.21. The normalized spacial score (nSPS) is 16.4. The number of hydrogen-bond acceptors (Lipinski definition) is 6. The Morgan fingerprint density at radius 2 is 1.88 bits per heavy atom. The molecule has 0 aromatic heterocycles. The second kappa shape index (κ2) is 9.47. The first-order valence-corrected chi connectivity index (χ1v) is 9.42. The number of aliphatic hydroxyl groups excluding tert-OH is 2. The number of likely N-dealkylation sites (N-methyl/N-ethyl adjacent to an activating group) is 1. The van der Waals surface area contributed by atoms with Gasteiger partial charge in [-0.3, -0.25) is 4.55 Å². The summed E-state index contributed by atoms with van der Waals surface area (Å²) in [7, 11) is -0.901. The van der Waals surface area contributed by atoms with E-state index in [1.807, 2.05) is 0 Å². The van der Waals surface area contributed by atoms with Crippen molar-refractivity contribution in [2.75, 3.05) is 33.1 Å². The molecule has 0 bridgehead atoms. The lowest BCUT2D eigenvalue weighted by atomic mass is 9.83. The Kier molecular flexibility index (Phi) is 9.08. The molecule has 0 aromatic carbocycles. The van der Waals surface area contributed by atoms with Gasteiger partial charge in [-0.15, -0.1) is 6.58 Å². The van der Waals surface area contributed by atoms with Gasteiger partial charge in [-0.2, -0.15) is 8.42 Å². The third-order valence-corrected chi connectivity index (χ3v) is 5.62. The Balaban J connectivity index is 5.77. The first-order chi connectivity index (χ1) is 11.0. The van der Waals surface area contributed by atoms with E-state index in [9.17, 15) is 28.5 Å². The van der Waals surface area contributed by atoms with Gasteiger partial charge in [0.15, 0.2) is 0 Å². The summed E-state index contributed by atoms with van der Waals surface area (Å²) >= 11 is 0. The maximum Gasteiger partial charge on any atom is 0.264 e. The lowest BCUT2D eigenvalue weighted by Crippen LogP contribution is -2.71. The number of carboxylic acid groups (broad SMARTS) is 1. The van der Waals surface area contributed by atoms with Crippen molar-refractivity contribution in [3.8, 4) is 0 Å². The van der Waals surface area contributed by atoms with Gasteiger partial charge in [0.1, 0.15) is 11.5 Å². The fraction of sp³-hybridized carbons (Fsp3) is 0.800. The predicted molar refractivity (Wildman–Crippen MR) is 87.5 cm³/mol. The van der Waals surface area contributed by atoms with Gasteiger partial charge in [-0.05, 0) is 6.42 Å². The van der Waals surface area contributed by atoms with E-state index in [2.05, 4.69) is 6.58 Å². The third-order valence-electron chi connectivity index (χ3n) is 4.82. The lowest BCUT2D eigenvalue weighted by Gasteiger charge is -2.53. The van der Waals surface area contributed by atoms with Crippen molar-refractivity contribution in [3.05, 3.63) is 12.7 Å². The number of carbonyl (C=O) groups is 1. The predicted octanol–water partition coefficient (Wildman–Crippen LogP) is -1.07. The van der Waals surface area contributed by atoms with Gasteiger partial charge in [-0.25, -0.2) is 0 Å². The zero-order valence-electron chi connectivity index (χ0n) is 14.3. The van der Waals surface area contributed by atoms with Crippen LogP contribution < -0.4 is 5.11 Å². The molecule has 24 heavy (non-hydrogen) atoms. The van der Waals surface area contributed by atoms with Crippen molar-refractivity contribution >= 4 is 16.1 Å². The maximum atomic E-state index is 12.0. The van der Waals surface area contributed by atoms with Crippen molar-refractivity contribution in [2.24, 2.45) is 0 Å². The molecule has 0 aliphatic heterocycles. The van der Waals surface area contributed by atoms with Crippen molar-refractivity contribution in [2.45, 2.75) is 43.7 Å². The second-order valence-corrected chi connectivity index (χ2v) is 7.98. The smallest absolute Gasteiger partial charge is 0.264 e. The molecular weight excluding hydrogens is 338 g/mol. The van der Waals surface area contributed by atoms with Gasteiger partial charge in [-0.1, -0.05) is 6.08 Å². The van der Waals surface area contributed by atoms with E-state index in [-0.39, 0.29) is 36.4 Å². The standard InChI is InChI=1S/C15H29NO7S/c1-4-6-13(7-10-17)16(2,3)15(9-11-18,14(19)20)8-5-12-24(21,22)23/h4,13,17-18H,1,5-12H2,2-3H3,(H-,19,20,21,22,23). The van der Waals surface area contributed by atoms with Crippen LogP contribution in [0.5, 0.6) is 0 Å². The summed E-state index contributed by atoms with van der Waals surface area (Å²) in [5.74, 6) is -1.97. The van der Waals surface area contributed by atoms with Crippen LogP contribution in [0.3, 0.4) is 0 Å². The SMILES string of the molecule is C=CCC(CCO)[N+](C)(C)C(CCO)(CCCS(=O)(=O)O)C(=O)[O-]. The number of aliphatic carboxylic acids is 1. The van der Waals surface area contributed by atoms with Gasteiger partial charge < -0.3 is 24.6 Å². The third kappa shape index (κ3) is 5.82. The van der Waals surface area contributed by atoms with Crippen molar-refractivity contribution < 1.29 is 37.6 Å². The Labute approximate surface area is 143 Å². The largest absolute Gasteiger partial charge is 0.544 e. The van der Waals surface area contributed by atoms with Crippen molar-refractivity contribution in [1.29, 1.82) is 0 Å². The van der Waals surface area contributed by atoms with Crippen LogP contribution in [0.4, 0.5) is 0 Å². The van der Waals surface area contributed by atoms with Crippen LogP contribution in [0.1, 0.15) is 32.1 Å². The van der Waals surface area contributed by atoms with E-state index in [0.29, 0.717) is 12.8 Å². The molecular formula is C15H29NO7S. The highest BCUT2D eigenvalue weighted by Gasteiger charge is 2.49.